The zero-order chi connectivity index (χ0) is 11.4. The standard InChI is InChI=1S/C12H16N4/c1-16-12(11(9-13)14-15-16)8-7-10-5-3-2-4-6-10/h2-6H,7-9,13H2,1H3. The van der Waals surface area contributed by atoms with Gasteiger partial charge in [-0.2, -0.15) is 0 Å². The predicted octanol–water partition coefficient (Wildman–Crippen LogP) is 1.06. The second-order valence-electron chi connectivity index (χ2n) is 3.80. The molecular weight excluding hydrogens is 200 g/mol. The van der Waals surface area contributed by atoms with Crippen LogP contribution in [0, 0.1) is 0 Å². The van der Waals surface area contributed by atoms with E-state index < -0.39 is 0 Å². The zero-order valence-electron chi connectivity index (χ0n) is 9.43. The fourth-order valence-corrected chi connectivity index (χ4v) is 1.79. The van der Waals surface area contributed by atoms with Crippen molar-refractivity contribution in [2.24, 2.45) is 12.8 Å². The van der Waals surface area contributed by atoms with Crippen molar-refractivity contribution in [3.05, 3.63) is 47.3 Å². The Bertz CT molecular complexity index is 447. The Kier molecular flexibility index (Phi) is 3.31. The smallest absolute Gasteiger partial charge is 0.0994 e. The first kappa shape index (κ1) is 10.8. The minimum Gasteiger partial charge on any atom is -0.325 e. The predicted molar refractivity (Wildman–Crippen MR) is 62.7 cm³/mol. The van der Waals surface area contributed by atoms with Crippen LogP contribution in [0.3, 0.4) is 0 Å². The minimum absolute atomic E-state index is 0.456. The van der Waals surface area contributed by atoms with Crippen LogP contribution < -0.4 is 5.73 Å². The second kappa shape index (κ2) is 4.90. The van der Waals surface area contributed by atoms with E-state index in [0.717, 1.165) is 24.2 Å². The van der Waals surface area contributed by atoms with Crippen molar-refractivity contribution in [2.75, 3.05) is 0 Å². The number of nitrogens with two attached hydrogens (primary N) is 1. The van der Waals surface area contributed by atoms with E-state index in [1.807, 2.05) is 17.8 Å². The van der Waals surface area contributed by atoms with Crippen LogP contribution in [0.1, 0.15) is 17.0 Å². The largest absolute Gasteiger partial charge is 0.325 e. The Labute approximate surface area is 95.1 Å². The van der Waals surface area contributed by atoms with Gasteiger partial charge in [-0.3, -0.25) is 4.68 Å². The second-order valence-corrected chi connectivity index (χ2v) is 3.80. The first-order valence-electron chi connectivity index (χ1n) is 5.42. The number of aromatic nitrogens is 3. The molecule has 0 spiro atoms. The van der Waals surface area contributed by atoms with E-state index in [1.54, 1.807) is 0 Å². The molecule has 0 unspecified atom stereocenters. The average molecular weight is 216 g/mol. The van der Waals surface area contributed by atoms with Crippen molar-refractivity contribution in [1.82, 2.24) is 15.0 Å². The third kappa shape index (κ3) is 2.28. The molecule has 0 saturated carbocycles. The van der Waals surface area contributed by atoms with E-state index in [2.05, 4.69) is 34.6 Å². The molecule has 0 aliphatic carbocycles. The van der Waals surface area contributed by atoms with Gasteiger partial charge in [-0.15, -0.1) is 5.10 Å². The lowest BCUT2D eigenvalue weighted by molar-refractivity contribution is 0.672. The van der Waals surface area contributed by atoms with Crippen molar-refractivity contribution < 1.29 is 0 Å². The Balaban J connectivity index is 2.07. The van der Waals surface area contributed by atoms with Gasteiger partial charge in [0.2, 0.25) is 0 Å². The molecule has 1 aromatic carbocycles. The summed E-state index contributed by atoms with van der Waals surface area (Å²) in [6.45, 7) is 0.456. The lowest BCUT2D eigenvalue weighted by Gasteiger charge is -2.03. The molecule has 1 aromatic heterocycles. The van der Waals surface area contributed by atoms with Gasteiger partial charge < -0.3 is 5.73 Å². The lowest BCUT2D eigenvalue weighted by atomic mass is 10.1. The minimum atomic E-state index is 0.456. The molecule has 2 aromatic rings. The van der Waals surface area contributed by atoms with Gasteiger partial charge in [0, 0.05) is 13.6 Å². The molecule has 84 valence electrons. The normalized spacial score (nSPS) is 10.6. The fraction of sp³-hybridized carbons (Fsp3) is 0.333. The van der Waals surface area contributed by atoms with E-state index in [0.29, 0.717) is 6.54 Å². The molecule has 0 bridgehead atoms. The van der Waals surface area contributed by atoms with Gasteiger partial charge >= 0.3 is 0 Å². The first-order valence-corrected chi connectivity index (χ1v) is 5.42. The van der Waals surface area contributed by atoms with Crippen molar-refractivity contribution in [3.63, 3.8) is 0 Å². The highest BCUT2D eigenvalue weighted by Gasteiger charge is 2.08. The van der Waals surface area contributed by atoms with Crippen molar-refractivity contribution in [1.29, 1.82) is 0 Å². The van der Waals surface area contributed by atoms with Crippen molar-refractivity contribution >= 4 is 0 Å². The highest BCUT2D eigenvalue weighted by molar-refractivity contribution is 5.18. The van der Waals surface area contributed by atoms with Crippen LogP contribution in [-0.4, -0.2) is 15.0 Å². The van der Waals surface area contributed by atoms with Gasteiger partial charge in [-0.1, -0.05) is 35.5 Å². The molecule has 4 nitrogen and oxygen atoms in total. The summed E-state index contributed by atoms with van der Waals surface area (Å²) in [5.74, 6) is 0. The number of benzene rings is 1. The van der Waals surface area contributed by atoms with Gasteiger partial charge in [0.05, 0.1) is 11.4 Å². The molecule has 1 heterocycles. The molecule has 0 saturated heterocycles. The van der Waals surface area contributed by atoms with Gasteiger partial charge in [-0.25, -0.2) is 0 Å². The summed E-state index contributed by atoms with van der Waals surface area (Å²) in [7, 11) is 1.91. The molecule has 2 N–H and O–H groups in total. The van der Waals surface area contributed by atoms with Crippen molar-refractivity contribution in [2.45, 2.75) is 19.4 Å². The van der Waals surface area contributed by atoms with E-state index >= 15 is 0 Å². The molecule has 0 aliphatic rings. The average Bonchev–Trinajstić information content (AvgIpc) is 2.69. The Morgan fingerprint density at radius 3 is 2.62 bits per heavy atom. The van der Waals surface area contributed by atoms with Crippen LogP contribution in [0.25, 0.3) is 0 Å². The molecular formula is C12H16N4. The van der Waals surface area contributed by atoms with Crippen molar-refractivity contribution in [3.8, 4) is 0 Å². The van der Waals surface area contributed by atoms with Gasteiger partial charge in [0.1, 0.15) is 0 Å². The quantitative estimate of drug-likeness (QED) is 0.831. The van der Waals surface area contributed by atoms with Gasteiger partial charge in [-0.05, 0) is 18.4 Å². The Hall–Kier alpha value is -1.68. The summed E-state index contributed by atoms with van der Waals surface area (Å²) in [4.78, 5) is 0. The lowest BCUT2D eigenvalue weighted by Crippen LogP contribution is -2.06. The molecule has 0 amide bonds. The molecule has 2 rings (SSSR count). The highest BCUT2D eigenvalue weighted by atomic mass is 15.4. The SMILES string of the molecule is Cn1nnc(CN)c1CCc1ccccc1. The summed E-state index contributed by atoms with van der Waals surface area (Å²) < 4.78 is 1.81. The van der Waals surface area contributed by atoms with E-state index in [9.17, 15) is 0 Å². The molecule has 4 heteroatoms. The third-order valence-electron chi connectivity index (χ3n) is 2.71. The van der Waals surface area contributed by atoms with Crippen LogP contribution in [0.5, 0.6) is 0 Å². The summed E-state index contributed by atoms with van der Waals surface area (Å²) in [6.07, 6.45) is 1.93. The van der Waals surface area contributed by atoms with Crippen LogP contribution in [0.2, 0.25) is 0 Å². The summed E-state index contributed by atoms with van der Waals surface area (Å²) >= 11 is 0. The molecule has 16 heavy (non-hydrogen) atoms. The first-order chi connectivity index (χ1) is 7.81. The highest BCUT2D eigenvalue weighted by Crippen LogP contribution is 2.09. The summed E-state index contributed by atoms with van der Waals surface area (Å²) in [5.41, 5.74) is 8.97. The van der Waals surface area contributed by atoms with Crippen LogP contribution in [0.4, 0.5) is 0 Å². The van der Waals surface area contributed by atoms with E-state index in [1.165, 1.54) is 5.56 Å². The third-order valence-corrected chi connectivity index (χ3v) is 2.71. The Morgan fingerprint density at radius 2 is 1.94 bits per heavy atom. The fourth-order valence-electron chi connectivity index (χ4n) is 1.79. The maximum absolute atomic E-state index is 5.62. The van der Waals surface area contributed by atoms with Gasteiger partial charge in [0.15, 0.2) is 0 Å². The van der Waals surface area contributed by atoms with Crippen LogP contribution in [0.15, 0.2) is 30.3 Å². The molecule has 0 atom stereocenters. The monoisotopic (exact) mass is 216 g/mol. The zero-order valence-corrected chi connectivity index (χ0v) is 9.43. The number of rotatable bonds is 4. The number of aryl methyl sites for hydroxylation is 2. The maximum Gasteiger partial charge on any atom is 0.0994 e. The summed E-state index contributed by atoms with van der Waals surface area (Å²) in [5, 5.41) is 8.02. The maximum atomic E-state index is 5.62. The van der Waals surface area contributed by atoms with Crippen LogP contribution >= 0.6 is 0 Å². The molecule has 0 fully saturated rings. The van der Waals surface area contributed by atoms with E-state index in [4.69, 9.17) is 5.73 Å². The number of nitrogens with zero attached hydrogens (tertiary/aromatic N) is 3. The van der Waals surface area contributed by atoms with Crippen LogP contribution in [-0.2, 0) is 26.4 Å². The Morgan fingerprint density at radius 1 is 1.19 bits per heavy atom. The molecule has 0 radical (unpaired) electrons. The number of hydrogen-bond donors (Lipinski definition) is 1. The van der Waals surface area contributed by atoms with Gasteiger partial charge in [0.25, 0.3) is 0 Å². The topological polar surface area (TPSA) is 56.7 Å². The molecule has 0 aliphatic heterocycles. The van der Waals surface area contributed by atoms with E-state index in [-0.39, 0.29) is 0 Å². The number of hydrogen-bond acceptors (Lipinski definition) is 3. The summed E-state index contributed by atoms with van der Waals surface area (Å²) in [6, 6.07) is 10.4.